The topological polar surface area (TPSA) is 20.2 Å². The van der Waals surface area contributed by atoms with E-state index in [9.17, 15) is 5.11 Å². The van der Waals surface area contributed by atoms with Crippen LogP contribution in [0.15, 0.2) is 11.6 Å². The highest BCUT2D eigenvalue weighted by atomic mass is 16.3. The first kappa shape index (κ1) is 22.9. The molecule has 4 aliphatic rings. The van der Waals surface area contributed by atoms with Crippen molar-refractivity contribution in [3.05, 3.63) is 11.6 Å². The van der Waals surface area contributed by atoms with Crippen molar-refractivity contribution in [2.75, 3.05) is 0 Å². The molecule has 0 aromatic heterocycles. The summed E-state index contributed by atoms with van der Waals surface area (Å²) in [5.74, 6) is 5.45. The Morgan fingerprint density at radius 1 is 0.967 bits per heavy atom. The molecule has 3 fully saturated rings. The first-order chi connectivity index (χ1) is 14.1. The predicted octanol–water partition coefficient (Wildman–Crippen LogP) is 8.17. The van der Waals surface area contributed by atoms with Gasteiger partial charge in [0.05, 0.1) is 5.60 Å². The molecule has 30 heavy (non-hydrogen) atoms. The van der Waals surface area contributed by atoms with E-state index in [1.165, 1.54) is 64.2 Å². The molecule has 4 aliphatic carbocycles. The van der Waals surface area contributed by atoms with E-state index in [1.807, 2.05) is 0 Å². The Hall–Kier alpha value is -0.300. The van der Waals surface area contributed by atoms with Gasteiger partial charge in [0.1, 0.15) is 0 Å². The quantitative estimate of drug-likeness (QED) is 0.434. The predicted molar refractivity (Wildman–Crippen MR) is 128 cm³/mol. The smallest absolute Gasteiger partial charge is 0.0657 e. The lowest BCUT2D eigenvalue weighted by atomic mass is 9.46. The van der Waals surface area contributed by atoms with Crippen molar-refractivity contribution in [1.29, 1.82) is 0 Å². The van der Waals surface area contributed by atoms with E-state index in [0.29, 0.717) is 10.8 Å². The summed E-state index contributed by atoms with van der Waals surface area (Å²) < 4.78 is 0. The Morgan fingerprint density at radius 3 is 2.47 bits per heavy atom. The van der Waals surface area contributed by atoms with E-state index < -0.39 is 5.60 Å². The van der Waals surface area contributed by atoms with Crippen LogP contribution in [0, 0.1) is 46.3 Å². The fourth-order valence-electron chi connectivity index (χ4n) is 9.17. The van der Waals surface area contributed by atoms with Gasteiger partial charge < -0.3 is 5.11 Å². The maximum atomic E-state index is 10.7. The molecule has 0 heterocycles. The van der Waals surface area contributed by atoms with Gasteiger partial charge in [0.25, 0.3) is 0 Å². The van der Waals surface area contributed by atoms with Gasteiger partial charge in [-0.15, -0.1) is 0 Å². The summed E-state index contributed by atoms with van der Waals surface area (Å²) in [5, 5.41) is 10.7. The van der Waals surface area contributed by atoms with Crippen LogP contribution in [0.1, 0.15) is 119 Å². The Morgan fingerprint density at radius 2 is 1.73 bits per heavy atom. The van der Waals surface area contributed by atoms with E-state index in [1.54, 1.807) is 5.57 Å². The third-order valence-corrected chi connectivity index (χ3v) is 11.0. The molecule has 2 unspecified atom stereocenters. The molecule has 0 amide bonds. The summed E-state index contributed by atoms with van der Waals surface area (Å²) in [7, 11) is 0. The SMILES string of the molecule is CCC[C@H](C)CC[C@@H](C)[C@H]1CCC2[C@@H]3CC=C4C[C@@](C)(O)CC[C@]4(C)C3CC[C@@]21C. The molecule has 1 nitrogen and oxygen atoms in total. The molecule has 0 aromatic carbocycles. The summed E-state index contributed by atoms with van der Waals surface area (Å²) in [6.45, 7) is 14.7. The number of aliphatic hydroxyl groups is 1. The number of hydrogen-bond donors (Lipinski definition) is 1. The Labute approximate surface area is 187 Å². The molecular formula is C29H50O. The van der Waals surface area contributed by atoms with E-state index >= 15 is 0 Å². The molecule has 0 saturated heterocycles. The van der Waals surface area contributed by atoms with Crippen LogP contribution in [0.4, 0.5) is 0 Å². The molecule has 0 bridgehead atoms. The summed E-state index contributed by atoms with van der Waals surface area (Å²) in [6.07, 6.45) is 18.5. The van der Waals surface area contributed by atoms with Gasteiger partial charge in [-0.25, -0.2) is 0 Å². The normalized spacial score (nSPS) is 47.6. The average molecular weight is 415 g/mol. The third kappa shape index (κ3) is 3.84. The second-order valence-electron chi connectivity index (χ2n) is 13.1. The van der Waals surface area contributed by atoms with Gasteiger partial charge in [0.15, 0.2) is 0 Å². The van der Waals surface area contributed by atoms with Crippen molar-refractivity contribution < 1.29 is 5.11 Å². The van der Waals surface area contributed by atoms with Crippen molar-refractivity contribution >= 4 is 0 Å². The first-order valence-corrected chi connectivity index (χ1v) is 13.5. The lowest BCUT2D eigenvalue weighted by molar-refractivity contribution is -0.0706. The zero-order valence-corrected chi connectivity index (χ0v) is 21.0. The molecule has 4 rings (SSSR count). The fraction of sp³-hybridized carbons (Fsp3) is 0.931. The number of rotatable bonds is 6. The summed E-state index contributed by atoms with van der Waals surface area (Å²) in [5.41, 5.74) is 2.09. The van der Waals surface area contributed by atoms with Crippen LogP contribution < -0.4 is 0 Å². The van der Waals surface area contributed by atoms with Gasteiger partial charge in [0.2, 0.25) is 0 Å². The van der Waals surface area contributed by atoms with Crippen LogP contribution in [0.2, 0.25) is 0 Å². The van der Waals surface area contributed by atoms with E-state index in [4.69, 9.17) is 0 Å². The van der Waals surface area contributed by atoms with Crippen molar-refractivity contribution in [1.82, 2.24) is 0 Å². The summed E-state index contributed by atoms with van der Waals surface area (Å²) in [4.78, 5) is 0. The molecule has 0 spiro atoms. The Kier molecular flexibility index (Phi) is 6.28. The lowest BCUT2D eigenvalue weighted by Crippen LogP contribution is -2.52. The summed E-state index contributed by atoms with van der Waals surface area (Å²) >= 11 is 0. The van der Waals surface area contributed by atoms with Gasteiger partial charge in [0, 0.05) is 0 Å². The molecule has 3 saturated carbocycles. The molecule has 1 N–H and O–H groups in total. The minimum absolute atomic E-state index is 0.367. The van der Waals surface area contributed by atoms with Crippen LogP contribution in [0.3, 0.4) is 0 Å². The van der Waals surface area contributed by atoms with Gasteiger partial charge in [-0.1, -0.05) is 72.0 Å². The van der Waals surface area contributed by atoms with Crippen LogP contribution in [-0.4, -0.2) is 10.7 Å². The largest absolute Gasteiger partial charge is 0.390 e. The molecule has 9 atom stereocenters. The third-order valence-electron chi connectivity index (χ3n) is 11.0. The zero-order chi connectivity index (χ0) is 21.7. The highest BCUT2D eigenvalue weighted by molar-refractivity contribution is 5.26. The van der Waals surface area contributed by atoms with Crippen LogP contribution in [0.5, 0.6) is 0 Å². The number of allylic oxidation sites excluding steroid dienone is 1. The van der Waals surface area contributed by atoms with E-state index in [2.05, 4.69) is 47.6 Å². The van der Waals surface area contributed by atoms with Crippen molar-refractivity contribution in [2.45, 2.75) is 124 Å². The highest BCUT2D eigenvalue weighted by Gasteiger charge is 2.59. The number of hydrogen-bond acceptors (Lipinski definition) is 1. The zero-order valence-electron chi connectivity index (χ0n) is 21.0. The Balaban J connectivity index is 1.48. The molecule has 0 aliphatic heterocycles. The fourth-order valence-corrected chi connectivity index (χ4v) is 9.17. The first-order valence-electron chi connectivity index (χ1n) is 13.5. The Bertz CT molecular complexity index is 647. The maximum absolute atomic E-state index is 10.7. The van der Waals surface area contributed by atoms with Gasteiger partial charge >= 0.3 is 0 Å². The monoisotopic (exact) mass is 414 g/mol. The van der Waals surface area contributed by atoms with Crippen LogP contribution >= 0.6 is 0 Å². The van der Waals surface area contributed by atoms with Crippen molar-refractivity contribution in [2.24, 2.45) is 46.3 Å². The standard InChI is InChI=1S/C29H50O/c1-7-8-20(2)9-10-21(3)24-13-14-25-23-12-11-22-19-27(4,30)17-18-28(22,5)26(23)15-16-29(24,25)6/h11,20-21,23-26,30H,7-10,12-19H2,1-6H3/t20-,21+,23-,24+,25?,26?,27-,28-,29+/m0/s1. The minimum Gasteiger partial charge on any atom is -0.390 e. The highest BCUT2D eigenvalue weighted by Crippen LogP contribution is 2.67. The lowest BCUT2D eigenvalue weighted by Gasteiger charge is -2.59. The summed E-state index contributed by atoms with van der Waals surface area (Å²) in [6, 6.07) is 0. The second-order valence-corrected chi connectivity index (χ2v) is 13.1. The average Bonchev–Trinajstić information content (AvgIpc) is 3.04. The second kappa shape index (κ2) is 8.24. The molecule has 1 heteroatoms. The van der Waals surface area contributed by atoms with Gasteiger partial charge in [-0.3, -0.25) is 0 Å². The van der Waals surface area contributed by atoms with Crippen LogP contribution in [0.25, 0.3) is 0 Å². The van der Waals surface area contributed by atoms with Crippen molar-refractivity contribution in [3.8, 4) is 0 Å². The minimum atomic E-state index is -0.468. The molecule has 0 aromatic rings. The van der Waals surface area contributed by atoms with E-state index in [-0.39, 0.29) is 0 Å². The molecule has 0 radical (unpaired) electrons. The van der Waals surface area contributed by atoms with Crippen LogP contribution in [-0.2, 0) is 0 Å². The molecule has 172 valence electrons. The van der Waals surface area contributed by atoms with E-state index in [0.717, 1.165) is 48.3 Å². The molecular weight excluding hydrogens is 364 g/mol. The number of fused-ring (bicyclic) bond motifs is 5. The van der Waals surface area contributed by atoms with Gasteiger partial charge in [-0.05, 0) is 105 Å². The van der Waals surface area contributed by atoms with Gasteiger partial charge in [-0.2, -0.15) is 0 Å². The van der Waals surface area contributed by atoms with Crippen molar-refractivity contribution in [3.63, 3.8) is 0 Å². The maximum Gasteiger partial charge on any atom is 0.0657 e.